The highest BCUT2D eigenvalue weighted by molar-refractivity contribution is 7.11. The molecule has 0 aliphatic rings. The van der Waals surface area contributed by atoms with Crippen LogP contribution in [-0.2, 0) is 6.42 Å². The van der Waals surface area contributed by atoms with E-state index in [4.69, 9.17) is 0 Å². The van der Waals surface area contributed by atoms with E-state index in [1.165, 1.54) is 22.6 Å². The molecule has 1 heterocycles. The molecule has 80 valence electrons. The van der Waals surface area contributed by atoms with Crippen LogP contribution in [0.2, 0.25) is 0 Å². The van der Waals surface area contributed by atoms with Gasteiger partial charge in [-0.3, -0.25) is 0 Å². The maximum absolute atomic E-state index is 3.50. The minimum Gasteiger partial charge on any atom is -0.312 e. The summed E-state index contributed by atoms with van der Waals surface area (Å²) >= 11 is 1.92. The van der Waals surface area contributed by atoms with Crippen LogP contribution < -0.4 is 5.32 Å². The Labute approximate surface area is 91.5 Å². The molecule has 0 aliphatic heterocycles. The van der Waals surface area contributed by atoms with E-state index in [9.17, 15) is 0 Å². The number of thiophene rings is 1. The van der Waals surface area contributed by atoms with Crippen molar-refractivity contribution in [2.24, 2.45) is 0 Å². The smallest absolute Gasteiger partial charge is 0.00965 e. The van der Waals surface area contributed by atoms with E-state index >= 15 is 0 Å². The molecule has 0 spiro atoms. The number of nitrogens with one attached hydrogen (secondary N) is 1. The molecule has 1 nitrogen and oxygen atoms in total. The first-order valence-corrected chi connectivity index (χ1v) is 6.09. The Bertz CT molecular complexity index is 270. The van der Waals surface area contributed by atoms with Crippen molar-refractivity contribution in [3.8, 4) is 0 Å². The first-order chi connectivity index (χ1) is 6.47. The third-order valence-electron chi connectivity index (χ3n) is 2.05. The van der Waals surface area contributed by atoms with Crippen LogP contribution in [0.5, 0.6) is 0 Å². The molecule has 0 amide bonds. The molecule has 0 aliphatic carbocycles. The summed E-state index contributed by atoms with van der Waals surface area (Å²) in [6.07, 6.45) is 2.44. The monoisotopic (exact) mass is 211 g/mol. The predicted molar refractivity (Wildman–Crippen MR) is 65.1 cm³/mol. The van der Waals surface area contributed by atoms with Gasteiger partial charge in [-0.1, -0.05) is 0 Å². The maximum Gasteiger partial charge on any atom is 0.00965 e. The maximum atomic E-state index is 3.50. The van der Waals surface area contributed by atoms with Crippen LogP contribution in [0.25, 0.3) is 0 Å². The van der Waals surface area contributed by atoms with Gasteiger partial charge in [-0.25, -0.2) is 0 Å². The number of hydrogen-bond donors (Lipinski definition) is 1. The van der Waals surface area contributed by atoms with Crippen molar-refractivity contribution in [3.63, 3.8) is 0 Å². The van der Waals surface area contributed by atoms with E-state index in [0.717, 1.165) is 6.54 Å². The van der Waals surface area contributed by atoms with Crippen molar-refractivity contribution in [1.29, 1.82) is 0 Å². The van der Waals surface area contributed by atoms with Gasteiger partial charge in [0.05, 0.1) is 0 Å². The van der Waals surface area contributed by atoms with E-state index < -0.39 is 0 Å². The zero-order chi connectivity index (χ0) is 10.6. The van der Waals surface area contributed by atoms with Crippen LogP contribution >= 0.6 is 11.3 Å². The summed E-state index contributed by atoms with van der Waals surface area (Å²) in [5.41, 5.74) is 0.255. The fraction of sp³-hybridized carbons (Fsp3) is 0.667. The normalized spacial score (nSPS) is 12.0. The van der Waals surface area contributed by atoms with Crippen LogP contribution in [0.1, 0.15) is 36.9 Å². The van der Waals surface area contributed by atoms with Crippen molar-refractivity contribution in [2.75, 3.05) is 6.54 Å². The highest BCUT2D eigenvalue weighted by Crippen LogP contribution is 2.16. The molecule has 1 aromatic rings. The fourth-order valence-electron chi connectivity index (χ4n) is 1.35. The van der Waals surface area contributed by atoms with Crippen molar-refractivity contribution in [2.45, 2.75) is 46.1 Å². The van der Waals surface area contributed by atoms with Crippen molar-refractivity contribution < 1.29 is 0 Å². The van der Waals surface area contributed by atoms with Crippen LogP contribution in [0, 0.1) is 6.92 Å². The van der Waals surface area contributed by atoms with Gasteiger partial charge in [0, 0.05) is 15.3 Å². The van der Waals surface area contributed by atoms with Crippen molar-refractivity contribution in [3.05, 3.63) is 21.9 Å². The topological polar surface area (TPSA) is 12.0 Å². The number of aryl methyl sites for hydroxylation is 2. The van der Waals surface area contributed by atoms with E-state index in [0.29, 0.717) is 0 Å². The van der Waals surface area contributed by atoms with Crippen LogP contribution in [0.3, 0.4) is 0 Å². The average molecular weight is 211 g/mol. The zero-order valence-electron chi connectivity index (χ0n) is 9.68. The van der Waals surface area contributed by atoms with Crippen molar-refractivity contribution in [1.82, 2.24) is 5.32 Å². The molecule has 0 bridgehead atoms. The highest BCUT2D eigenvalue weighted by atomic mass is 32.1. The Hall–Kier alpha value is -0.340. The minimum absolute atomic E-state index is 0.255. The second-order valence-electron chi connectivity index (χ2n) is 4.79. The first-order valence-electron chi connectivity index (χ1n) is 5.28. The standard InChI is InChI=1S/C12H21NS/c1-10-7-8-11(14-10)6-5-9-13-12(2,3)4/h7-8,13H,5-6,9H2,1-4H3. The molecule has 0 atom stereocenters. The molecule has 2 heteroatoms. The highest BCUT2D eigenvalue weighted by Gasteiger charge is 2.07. The van der Waals surface area contributed by atoms with E-state index in [1.807, 2.05) is 11.3 Å². The van der Waals surface area contributed by atoms with Gasteiger partial charge in [0.25, 0.3) is 0 Å². The molecular weight excluding hydrogens is 190 g/mol. The quantitative estimate of drug-likeness (QED) is 0.753. The first kappa shape index (κ1) is 11.7. The SMILES string of the molecule is Cc1ccc(CCCNC(C)(C)C)s1. The summed E-state index contributed by atoms with van der Waals surface area (Å²) in [7, 11) is 0. The third kappa shape index (κ3) is 4.77. The second kappa shape index (κ2) is 4.94. The largest absolute Gasteiger partial charge is 0.312 e. The third-order valence-corrected chi connectivity index (χ3v) is 3.11. The van der Waals surface area contributed by atoms with Crippen LogP contribution in [0.4, 0.5) is 0 Å². The molecular formula is C12H21NS. The van der Waals surface area contributed by atoms with Gasteiger partial charge in [0.15, 0.2) is 0 Å². The second-order valence-corrected chi connectivity index (χ2v) is 6.17. The predicted octanol–water partition coefficient (Wildman–Crippen LogP) is 3.38. The Morgan fingerprint density at radius 2 is 2.00 bits per heavy atom. The van der Waals surface area contributed by atoms with E-state index in [2.05, 4.69) is 45.1 Å². The molecule has 0 aromatic carbocycles. The Kier molecular flexibility index (Phi) is 4.14. The lowest BCUT2D eigenvalue weighted by Gasteiger charge is -2.20. The van der Waals surface area contributed by atoms with Gasteiger partial charge in [0.1, 0.15) is 0 Å². The Morgan fingerprint density at radius 1 is 1.29 bits per heavy atom. The molecule has 0 saturated carbocycles. The van der Waals surface area contributed by atoms with Gasteiger partial charge >= 0.3 is 0 Å². The van der Waals surface area contributed by atoms with E-state index in [-0.39, 0.29) is 5.54 Å². The lowest BCUT2D eigenvalue weighted by molar-refractivity contribution is 0.422. The van der Waals surface area contributed by atoms with Gasteiger partial charge < -0.3 is 5.32 Å². The summed E-state index contributed by atoms with van der Waals surface area (Å²) in [4.78, 5) is 2.93. The summed E-state index contributed by atoms with van der Waals surface area (Å²) in [5, 5.41) is 3.50. The fourth-order valence-corrected chi connectivity index (χ4v) is 2.28. The number of rotatable bonds is 4. The van der Waals surface area contributed by atoms with Crippen LogP contribution in [0.15, 0.2) is 12.1 Å². The lowest BCUT2D eigenvalue weighted by Crippen LogP contribution is -2.36. The molecule has 0 saturated heterocycles. The molecule has 1 aromatic heterocycles. The molecule has 1 rings (SSSR count). The summed E-state index contributed by atoms with van der Waals surface area (Å²) < 4.78 is 0. The van der Waals surface area contributed by atoms with Crippen molar-refractivity contribution >= 4 is 11.3 Å². The Morgan fingerprint density at radius 3 is 2.50 bits per heavy atom. The Balaban J connectivity index is 2.16. The summed E-state index contributed by atoms with van der Waals surface area (Å²) in [5.74, 6) is 0. The zero-order valence-corrected chi connectivity index (χ0v) is 10.5. The molecule has 0 unspecified atom stereocenters. The summed E-state index contributed by atoms with van der Waals surface area (Å²) in [6, 6.07) is 4.45. The summed E-state index contributed by atoms with van der Waals surface area (Å²) in [6.45, 7) is 9.91. The van der Waals surface area contributed by atoms with Gasteiger partial charge in [-0.2, -0.15) is 0 Å². The van der Waals surface area contributed by atoms with Gasteiger partial charge in [-0.05, 0) is 59.2 Å². The van der Waals surface area contributed by atoms with Gasteiger partial charge in [0.2, 0.25) is 0 Å². The average Bonchev–Trinajstić information content (AvgIpc) is 2.44. The van der Waals surface area contributed by atoms with Gasteiger partial charge in [-0.15, -0.1) is 11.3 Å². The molecule has 1 N–H and O–H groups in total. The molecule has 14 heavy (non-hydrogen) atoms. The minimum atomic E-state index is 0.255. The molecule has 0 radical (unpaired) electrons. The lowest BCUT2D eigenvalue weighted by atomic mass is 10.1. The van der Waals surface area contributed by atoms with E-state index in [1.54, 1.807) is 0 Å². The number of hydrogen-bond acceptors (Lipinski definition) is 2. The molecule has 0 fully saturated rings. The van der Waals surface area contributed by atoms with Crippen LogP contribution in [-0.4, -0.2) is 12.1 Å².